The Morgan fingerprint density at radius 2 is 1.23 bits per heavy atom. The Morgan fingerprint density at radius 1 is 0.733 bits per heavy atom. The van der Waals surface area contributed by atoms with Gasteiger partial charge in [-0.1, -0.05) is 0 Å². The molecule has 5 heteroatoms. The van der Waals surface area contributed by atoms with Crippen LogP contribution in [0.3, 0.4) is 0 Å². The van der Waals surface area contributed by atoms with Crippen LogP contribution in [0.4, 0.5) is 0 Å². The molecule has 0 saturated heterocycles. The number of allylic oxidation sites excluding steroid dienone is 1. The van der Waals surface area contributed by atoms with Gasteiger partial charge in [-0.05, 0) is 0 Å². The first kappa shape index (κ1) is 27.4. The summed E-state index contributed by atoms with van der Waals surface area (Å²) in [6, 6.07) is 31.5. The molecule has 0 N–H and O–H groups in total. The van der Waals surface area contributed by atoms with Gasteiger partial charge in [-0.3, -0.25) is 0 Å². The molecule has 0 nitrogen and oxygen atoms in total. The minimum Gasteiger partial charge on any atom is -1.00 e. The van der Waals surface area contributed by atoms with Crippen molar-refractivity contribution < 1.29 is 56.4 Å². The molecule has 0 fully saturated rings. The Kier molecular flexibility index (Phi) is 11.4. The summed E-state index contributed by atoms with van der Waals surface area (Å²) in [6.07, 6.45) is 6.08. The molecule has 0 aromatic heterocycles. The number of halogens is 3. The summed E-state index contributed by atoms with van der Waals surface area (Å²) in [5.74, 6) is 0. The Hall–Kier alpha value is -0.586. The van der Waals surface area contributed by atoms with Crippen molar-refractivity contribution in [3.63, 3.8) is 0 Å². The zero-order valence-electron chi connectivity index (χ0n) is 17.1. The number of rotatable bonds is 6. The van der Waals surface area contributed by atoms with Crippen molar-refractivity contribution in [3.05, 3.63) is 113 Å². The van der Waals surface area contributed by atoms with E-state index in [0.717, 1.165) is 0 Å². The monoisotopic (exact) mass is 509 g/mol. The first-order chi connectivity index (χ1) is 13.2. The molecule has 3 aromatic rings. The van der Waals surface area contributed by atoms with Crippen LogP contribution in [0, 0.1) is 0 Å². The van der Waals surface area contributed by atoms with Crippen LogP contribution >= 0.6 is 7.92 Å². The number of hydrogen-bond donors (Lipinski definition) is 0. The predicted molar refractivity (Wildman–Crippen MR) is 116 cm³/mol. The Morgan fingerprint density at radius 3 is 1.77 bits per heavy atom. The fraction of sp³-hybridized carbons (Fsp3) is 0.200. The Balaban J connectivity index is 0.00000150. The average molecular weight is 511 g/mol. The molecule has 30 heavy (non-hydrogen) atoms. The standard InChI is InChI=1S/C16H18P.C9H7.3ClH.Ti/c1-17(2)13-16(14-9-5-3-6-10-14)15-11-7-4-8-12-15;1-2-5-9-7-3-6-8(9)4-1;;;;/h3-12H,13H2,1-2H3;1-7H;3*1H;/q;;;;;+3/p-3. The van der Waals surface area contributed by atoms with Crippen molar-refractivity contribution >= 4 is 14.0 Å². The molecule has 1 unspecified atom stereocenters. The molecule has 0 amide bonds. The van der Waals surface area contributed by atoms with Crippen molar-refractivity contribution in [1.29, 1.82) is 0 Å². The van der Waals surface area contributed by atoms with Gasteiger partial charge in [0.2, 0.25) is 0 Å². The smallest absolute Gasteiger partial charge is 1.00 e. The van der Waals surface area contributed by atoms with E-state index in [4.69, 9.17) is 0 Å². The molecule has 0 heterocycles. The summed E-state index contributed by atoms with van der Waals surface area (Å²) in [5.41, 5.74) is 5.96. The zero-order chi connectivity index (χ0) is 18.7. The fourth-order valence-electron chi connectivity index (χ4n) is 4.12. The molecular formula is C25H25Cl3PTi. The summed E-state index contributed by atoms with van der Waals surface area (Å²) in [7, 11) is -0.0160. The third-order valence-corrected chi connectivity index (χ3v) is 10.1. The minimum absolute atomic E-state index is 0. The van der Waals surface area contributed by atoms with Crippen LogP contribution in [-0.4, -0.2) is 19.5 Å². The van der Waals surface area contributed by atoms with Gasteiger partial charge < -0.3 is 37.2 Å². The van der Waals surface area contributed by atoms with E-state index in [1.165, 1.54) is 28.4 Å². The maximum absolute atomic E-state index is 2.47. The summed E-state index contributed by atoms with van der Waals surface area (Å²) >= 11 is -0.359. The fourth-order valence-corrected chi connectivity index (χ4v) is 10.3. The van der Waals surface area contributed by atoms with E-state index < -0.39 is 0 Å². The van der Waals surface area contributed by atoms with Crippen LogP contribution in [0.2, 0.25) is 0 Å². The zero-order valence-corrected chi connectivity index (χ0v) is 21.8. The van der Waals surface area contributed by atoms with Gasteiger partial charge in [0.25, 0.3) is 0 Å². The van der Waals surface area contributed by atoms with Gasteiger partial charge in [-0.2, -0.15) is 0 Å². The summed E-state index contributed by atoms with van der Waals surface area (Å²) in [6.45, 7) is 4.86. The van der Waals surface area contributed by atoms with Gasteiger partial charge in [-0.25, -0.2) is 0 Å². The van der Waals surface area contributed by atoms with Crippen molar-refractivity contribution in [2.45, 2.75) is 7.94 Å². The molecule has 1 atom stereocenters. The average Bonchev–Trinajstić information content (AvgIpc) is 3.11. The van der Waals surface area contributed by atoms with E-state index in [1.54, 1.807) is 0 Å². The number of benzene rings is 3. The van der Waals surface area contributed by atoms with Gasteiger partial charge in [0.1, 0.15) is 0 Å². The topological polar surface area (TPSA) is 0 Å². The Bertz CT molecular complexity index is 890. The van der Waals surface area contributed by atoms with Gasteiger partial charge in [0.15, 0.2) is 0 Å². The van der Waals surface area contributed by atoms with E-state index in [9.17, 15) is 0 Å². The largest absolute Gasteiger partial charge is 1.00 e. The Labute approximate surface area is 209 Å². The van der Waals surface area contributed by atoms with Crippen LogP contribution in [0.25, 0.3) is 6.08 Å². The SMILES string of the molecule is CP(C)C[C]([Ti+3][CH]1C=Cc2ccccc21)(c1ccccc1)c1ccccc1.[Cl-].[Cl-].[Cl-]. The molecule has 155 valence electrons. The van der Waals surface area contributed by atoms with Gasteiger partial charge >= 0.3 is 174 Å². The molecule has 1 aliphatic carbocycles. The van der Waals surface area contributed by atoms with Crippen LogP contribution in [-0.2, 0) is 22.9 Å². The molecule has 4 rings (SSSR count). The molecule has 0 aliphatic heterocycles. The molecule has 0 bridgehead atoms. The third kappa shape index (κ3) is 5.80. The first-order valence-corrected chi connectivity index (χ1v) is 13.6. The number of fused-ring (bicyclic) bond motifs is 1. The molecule has 0 radical (unpaired) electrons. The molecule has 1 aliphatic rings. The number of hydrogen-bond acceptors (Lipinski definition) is 0. The van der Waals surface area contributed by atoms with Crippen molar-refractivity contribution in [2.75, 3.05) is 19.5 Å². The maximum atomic E-state index is 2.47. The second-order valence-corrected chi connectivity index (χ2v) is 12.7. The summed E-state index contributed by atoms with van der Waals surface area (Å²) in [4.78, 5) is 0. The minimum atomic E-state index is -0.359. The van der Waals surface area contributed by atoms with Gasteiger partial charge in [-0.15, -0.1) is 0 Å². The van der Waals surface area contributed by atoms with Crippen molar-refractivity contribution in [1.82, 2.24) is 0 Å². The van der Waals surface area contributed by atoms with E-state index in [2.05, 4.69) is 110 Å². The van der Waals surface area contributed by atoms with Crippen molar-refractivity contribution in [3.8, 4) is 0 Å². The van der Waals surface area contributed by atoms with E-state index >= 15 is 0 Å². The van der Waals surface area contributed by atoms with Gasteiger partial charge in [0.05, 0.1) is 0 Å². The molecule has 0 saturated carbocycles. The second kappa shape index (κ2) is 12.5. The summed E-state index contributed by atoms with van der Waals surface area (Å²) in [5, 5.41) is 0. The van der Waals surface area contributed by atoms with E-state index in [0.29, 0.717) is 4.22 Å². The second-order valence-electron chi connectivity index (χ2n) is 7.49. The summed E-state index contributed by atoms with van der Waals surface area (Å²) < 4.78 is 0.765. The van der Waals surface area contributed by atoms with Crippen LogP contribution in [0.1, 0.15) is 26.5 Å². The van der Waals surface area contributed by atoms with Crippen molar-refractivity contribution in [2.24, 2.45) is 0 Å². The quantitative estimate of drug-likeness (QED) is 0.255. The molecule has 0 spiro atoms. The predicted octanol–water partition coefficient (Wildman–Crippen LogP) is -2.47. The maximum Gasteiger partial charge on any atom is -1.00 e. The van der Waals surface area contributed by atoms with E-state index in [-0.39, 0.29) is 68.0 Å². The van der Waals surface area contributed by atoms with Crippen LogP contribution in [0.5, 0.6) is 0 Å². The first-order valence-electron chi connectivity index (χ1n) is 9.50. The normalized spacial score (nSPS) is 14.0. The molecular weight excluding hydrogens is 485 g/mol. The van der Waals surface area contributed by atoms with Crippen LogP contribution in [0.15, 0.2) is 91.0 Å². The van der Waals surface area contributed by atoms with E-state index in [1.807, 2.05) is 0 Å². The molecule has 3 aromatic carbocycles. The van der Waals surface area contributed by atoms with Crippen LogP contribution < -0.4 is 37.2 Å². The third-order valence-electron chi connectivity index (χ3n) is 5.29. The van der Waals surface area contributed by atoms with Gasteiger partial charge in [0, 0.05) is 0 Å².